The number of thiazole rings is 1. The van der Waals surface area contributed by atoms with Crippen molar-refractivity contribution in [3.63, 3.8) is 0 Å². The number of aromatic nitrogens is 1. The van der Waals surface area contributed by atoms with Gasteiger partial charge in [0.1, 0.15) is 0 Å². The zero-order valence-electron chi connectivity index (χ0n) is 15.2. The van der Waals surface area contributed by atoms with Gasteiger partial charge in [0.05, 0.1) is 21.3 Å². The van der Waals surface area contributed by atoms with E-state index in [2.05, 4.69) is 21.7 Å². The van der Waals surface area contributed by atoms with Crippen molar-refractivity contribution < 1.29 is 14.2 Å². The summed E-state index contributed by atoms with van der Waals surface area (Å²) in [5.41, 5.74) is 1.16. The van der Waals surface area contributed by atoms with Gasteiger partial charge < -0.3 is 19.1 Å². The van der Waals surface area contributed by atoms with Crippen LogP contribution in [0.4, 0.5) is 5.13 Å². The van der Waals surface area contributed by atoms with Crippen LogP contribution in [0.2, 0.25) is 0 Å². The van der Waals surface area contributed by atoms with E-state index in [1.165, 1.54) is 4.88 Å². The minimum Gasteiger partial charge on any atom is -0.493 e. The van der Waals surface area contributed by atoms with Crippen molar-refractivity contribution in [2.45, 2.75) is 13.5 Å². The van der Waals surface area contributed by atoms with Gasteiger partial charge in [0.15, 0.2) is 16.6 Å². The Morgan fingerprint density at radius 3 is 2.12 bits per heavy atom. The lowest BCUT2D eigenvalue weighted by atomic mass is 10.1. The second-order valence-electron chi connectivity index (χ2n) is 6.05. The highest BCUT2D eigenvalue weighted by Crippen LogP contribution is 2.38. The summed E-state index contributed by atoms with van der Waals surface area (Å²) in [6.45, 7) is 6.97. The van der Waals surface area contributed by atoms with E-state index >= 15 is 0 Å². The van der Waals surface area contributed by atoms with Gasteiger partial charge in [-0.25, -0.2) is 4.98 Å². The molecule has 0 amide bonds. The maximum atomic E-state index is 5.45. The summed E-state index contributed by atoms with van der Waals surface area (Å²) < 4.78 is 16.3. The van der Waals surface area contributed by atoms with E-state index < -0.39 is 0 Å². The topological polar surface area (TPSA) is 47.1 Å². The average Bonchev–Trinajstić information content (AvgIpc) is 3.07. The lowest BCUT2D eigenvalue weighted by molar-refractivity contribution is 0.248. The molecule has 6 nitrogen and oxygen atoms in total. The van der Waals surface area contributed by atoms with Gasteiger partial charge in [-0.1, -0.05) is 0 Å². The number of piperazine rings is 1. The fourth-order valence-electron chi connectivity index (χ4n) is 3.07. The third-order valence-electron chi connectivity index (χ3n) is 4.38. The first-order chi connectivity index (χ1) is 12.1. The standard InChI is InChI=1S/C18H25N3O3S/c1-13-11-19-18(25-13)21-7-5-20(6-8-21)12-14-9-15(22-2)17(24-4)16(10-14)23-3/h9-11H,5-8,12H2,1-4H3. The average molecular weight is 363 g/mol. The lowest BCUT2D eigenvalue weighted by Crippen LogP contribution is -2.45. The van der Waals surface area contributed by atoms with Crippen molar-refractivity contribution in [2.75, 3.05) is 52.4 Å². The number of methoxy groups -OCH3 is 3. The van der Waals surface area contributed by atoms with Gasteiger partial charge in [0, 0.05) is 43.8 Å². The Morgan fingerprint density at radius 2 is 1.64 bits per heavy atom. The Labute approximate surface area is 152 Å². The van der Waals surface area contributed by atoms with Crippen LogP contribution >= 0.6 is 11.3 Å². The van der Waals surface area contributed by atoms with E-state index in [4.69, 9.17) is 14.2 Å². The number of aryl methyl sites for hydroxylation is 1. The van der Waals surface area contributed by atoms with Gasteiger partial charge >= 0.3 is 0 Å². The first-order valence-electron chi connectivity index (χ1n) is 8.33. The largest absolute Gasteiger partial charge is 0.493 e. The fourth-order valence-corrected chi connectivity index (χ4v) is 3.88. The van der Waals surface area contributed by atoms with Gasteiger partial charge in [-0.2, -0.15) is 0 Å². The molecule has 7 heteroatoms. The molecule has 0 radical (unpaired) electrons. The molecule has 0 atom stereocenters. The molecular formula is C18H25N3O3S. The highest BCUT2D eigenvalue weighted by Gasteiger charge is 2.20. The number of rotatable bonds is 6. The number of nitrogens with zero attached hydrogens (tertiary/aromatic N) is 3. The minimum absolute atomic E-state index is 0.637. The molecule has 1 aliphatic rings. The zero-order chi connectivity index (χ0) is 17.8. The van der Waals surface area contributed by atoms with Crippen molar-refractivity contribution in [3.05, 3.63) is 28.8 Å². The van der Waals surface area contributed by atoms with E-state index in [1.807, 2.05) is 18.3 Å². The van der Waals surface area contributed by atoms with Gasteiger partial charge in [-0.3, -0.25) is 4.90 Å². The van der Waals surface area contributed by atoms with Gasteiger partial charge in [0.2, 0.25) is 5.75 Å². The van der Waals surface area contributed by atoms with E-state index in [0.29, 0.717) is 17.2 Å². The van der Waals surface area contributed by atoms with Crippen LogP contribution in [0.5, 0.6) is 17.2 Å². The van der Waals surface area contributed by atoms with E-state index in [0.717, 1.165) is 43.4 Å². The number of hydrogen-bond donors (Lipinski definition) is 0. The predicted octanol–water partition coefficient (Wildman–Crippen LogP) is 2.80. The Morgan fingerprint density at radius 1 is 1.00 bits per heavy atom. The Balaban J connectivity index is 1.65. The zero-order valence-corrected chi connectivity index (χ0v) is 16.1. The maximum Gasteiger partial charge on any atom is 0.203 e. The van der Waals surface area contributed by atoms with Crippen LogP contribution in [0.3, 0.4) is 0 Å². The molecule has 1 aliphatic heterocycles. The van der Waals surface area contributed by atoms with Crippen LogP contribution in [0.25, 0.3) is 0 Å². The Bertz CT molecular complexity index is 686. The number of hydrogen-bond acceptors (Lipinski definition) is 7. The fraction of sp³-hybridized carbons (Fsp3) is 0.500. The Kier molecular flexibility index (Phi) is 5.65. The molecule has 0 spiro atoms. The molecule has 0 aliphatic carbocycles. The van der Waals surface area contributed by atoms with Crippen molar-refractivity contribution in [1.29, 1.82) is 0 Å². The molecule has 1 aromatic carbocycles. The molecular weight excluding hydrogens is 338 g/mol. The van der Waals surface area contributed by atoms with Crippen molar-refractivity contribution in [2.24, 2.45) is 0 Å². The van der Waals surface area contributed by atoms with Crippen LogP contribution in [-0.2, 0) is 6.54 Å². The number of ether oxygens (including phenoxy) is 3. The Hall–Kier alpha value is -1.99. The van der Waals surface area contributed by atoms with Crippen LogP contribution in [0.15, 0.2) is 18.3 Å². The molecule has 0 unspecified atom stereocenters. The molecule has 1 aromatic heterocycles. The third-order valence-corrected chi connectivity index (χ3v) is 5.36. The normalized spacial score (nSPS) is 15.3. The summed E-state index contributed by atoms with van der Waals surface area (Å²) in [6.07, 6.45) is 1.95. The molecule has 136 valence electrons. The summed E-state index contributed by atoms with van der Waals surface area (Å²) in [5, 5.41) is 1.13. The van der Waals surface area contributed by atoms with Crippen LogP contribution < -0.4 is 19.1 Å². The van der Waals surface area contributed by atoms with Crippen molar-refractivity contribution in [1.82, 2.24) is 9.88 Å². The van der Waals surface area contributed by atoms with Crippen molar-refractivity contribution >= 4 is 16.5 Å². The first kappa shape index (κ1) is 17.8. The molecule has 0 bridgehead atoms. The van der Waals surface area contributed by atoms with Crippen LogP contribution in [0.1, 0.15) is 10.4 Å². The second-order valence-corrected chi connectivity index (χ2v) is 7.26. The van der Waals surface area contributed by atoms with E-state index in [-0.39, 0.29) is 0 Å². The van der Waals surface area contributed by atoms with Crippen LogP contribution in [0, 0.1) is 6.92 Å². The molecule has 0 saturated carbocycles. The summed E-state index contributed by atoms with van der Waals surface area (Å²) in [4.78, 5) is 10.6. The lowest BCUT2D eigenvalue weighted by Gasteiger charge is -2.34. The molecule has 2 aromatic rings. The number of benzene rings is 1. The predicted molar refractivity (Wildman–Crippen MR) is 100 cm³/mol. The van der Waals surface area contributed by atoms with E-state index in [1.54, 1.807) is 32.7 Å². The molecule has 0 N–H and O–H groups in total. The monoisotopic (exact) mass is 363 g/mol. The number of anilines is 1. The second kappa shape index (κ2) is 7.93. The van der Waals surface area contributed by atoms with E-state index in [9.17, 15) is 0 Å². The SMILES string of the molecule is COc1cc(CN2CCN(c3ncc(C)s3)CC2)cc(OC)c1OC. The summed E-state index contributed by atoms with van der Waals surface area (Å²) >= 11 is 1.76. The highest BCUT2D eigenvalue weighted by atomic mass is 32.1. The highest BCUT2D eigenvalue weighted by molar-refractivity contribution is 7.15. The molecule has 1 fully saturated rings. The van der Waals surface area contributed by atoms with Gasteiger partial charge in [0.25, 0.3) is 0 Å². The summed E-state index contributed by atoms with van der Waals surface area (Å²) in [5.74, 6) is 2.04. The molecule has 3 rings (SSSR count). The van der Waals surface area contributed by atoms with Crippen LogP contribution in [-0.4, -0.2) is 57.4 Å². The summed E-state index contributed by atoms with van der Waals surface area (Å²) in [6, 6.07) is 4.05. The quantitative estimate of drug-likeness (QED) is 0.787. The first-order valence-corrected chi connectivity index (χ1v) is 9.15. The van der Waals surface area contributed by atoms with Gasteiger partial charge in [-0.05, 0) is 24.6 Å². The smallest absolute Gasteiger partial charge is 0.203 e. The minimum atomic E-state index is 0.637. The third kappa shape index (κ3) is 3.99. The van der Waals surface area contributed by atoms with Gasteiger partial charge in [-0.15, -0.1) is 11.3 Å². The molecule has 25 heavy (non-hydrogen) atoms. The summed E-state index contributed by atoms with van der Waals surface area (Å²) in [7, 11) is 4.92. The maximum absolute atomic E-state index is 5.45. The molecule has 1 saturated heterocycles. The molecule has 2 heterocycles. The van der Waals surface area contributed by atoms with Crippen molar-refractivity contribution in [3.8, 4) is 17.2 Å².